The molecule has 2 aromatic rings. The third-order valence-corrected chi connectivity index (χ3v) is 5.61. The summed E-state index contributed by atoms with van der Waals surface area (Å²) < 4.78 is 19.9. The van der Waals surface area contributed by atoms with Gasteiger partial charge < -0.3 is 10.1 Å². The number of fused-ring (bicyclic) bond motifs is 1. The van der Waals surface area contributed by atoms with Crippen LogP contribution in [0.2, 0.25) is 0 Å². The Hall–Kier alpha value is -2.69. The Kier molecular flexibility index (Phi) is 10.9. The molecule has 4 nitrogen and oxygen atoms in total. The zero-order valence-electron chi connectivity index (χ0n) is 19.9. The van der Waals surface area contributed by atoms with Gasteiger partial charge in [-0.05, 0) is 56.7 Å². The molecule has 0 radical (unpaired) electrons. The van der Waals surface area contributed by atoms with E-state index in [1.807, 2.05) is 63.2 Å². The van der Waals surface area contributed by atoms with Crippen molar-refractivity contribution in [2.24, 2.45) is 5.92 Å². The molecule has 1 heterocycles. The second kappa shape index (κ2) is 13.7. The molecule has 1 N–H and O–H groups in total. The molecule has 1 aromatic heterocycles. The molecule has 1 atom stereocenters. The number of carbonyl (C=O) groups is 1. The highest BCUT2D eigenvalue weighted by Gasteiger charge is 2.15. The molecule has 0 aliphatic rings. The molecule has 0 bridgehead atoms. The van der Waals surface area contributed by atoms with E-state index < -0.39 is 11.7 Å². The lowest BCUT2D eigenvalue weighted by molar-refractivity contribution is -0.119. The lowest BCUT2D eigenvalue weighted by Gasteiger charge is -2.16. The lowest BCUT2D eigenvalue weighted by atomic mass is 10.1. The van der Waals surface area contributed by atoms with E-state index in [0.717, 1.165) is 49.4 Å². The number of nitrogens with one attached hydrogen (secondary N) is 1. The van der Waals surface area contributed by atoms with Crippen molar-refractivity contribution >= 4 is 16.8 Å². The first-order valence-electron chi connectivity index (χ1n) is 11.7. The van der Waals surface area contributed by atoms with Gasteiger partial charge in [0.15, 0.2) is 5.83 Å². The molecule has 0 saturated carbocycles. The van der Waals surface area contributed by atoms with Crippen molar-refractivity contribution in [3.05, 3.63) is 60.0 Å². The number of hydrogen-bond acceptors (Lipinski definition) is 3. The van der Waals surface area contributed by atoms with Gasteiger partial charge in [0.2, 0.25) is 5.88 Å². The maximum atomic E-state index is 14.2. The maximum Gasteiger partial charge on any atom is 0.280 e. The Balaban J connectivity index is 1.56. The third-order valence-electron chi connectivity index (χ3n) is 5.61. The van der Waals surface area contributed by atoms with E-state index in [4.69, 9.17) is 4.74 Å². The zero-order chi connectivity index (χ0) is 23.3. The number of pyridine rings is 1. The van der Waals surface area contributed by atoms with Crippen molar-refractivity contribution < 1.29 is 13.9 Å². The number of amides is 1. The number of aromatic nitrogens is 1. The Morgan fingerprint density at radius 1 is 1.06 bits per heavy atom. The van der Waals surface area contributed by atoms with Gasteiger partial charge in [0, 0.05) is 17.5 Å². The number of para-hydroxylation sites is 1. The molecule has 1 unspecified atom stereocenters. The molecule has 0 aliphatic heterocycles. The van der Waals surface area contributed by atoms with Gasteiger partial charge >= 0.3 is 0 Å². The molecule has 1 aromatic carbocycles. The number of carbonyl (C=O) groups excluding carboxylic acids is 1. The summed E-state index contributed by atoms with van der Waals surface area (Å²) in [7, 11) is 0. The van der Waals surface area contributed by atoms with Crippen molar-refractivity contribution in [3.8, 4) is 5.88 Å². The van der Waals surface area contributed by atoms with Gasteiger partial charge in [0.05, 0.1) is 12.1 Å². The van der Waals surface area contributed by atoms with Gasteiger partial charge in [-0.25, -0.2) is 9.37 Å². The van der Waals surface area contributed by atoms with Crippen molar-refractivity contribution in [3.63, 3.8) is 0 Å². The summed E-state index contributed by atoms with van der Waals surface area (Å²) in [5.74, 6) is -0.384. The van der Waals surface area contributed by atoms with Crippen LogP contribution in [0.5, 0.6) is 5.88 Å². The van der Waals surface area contributed by atoms with E-state index in [0.29, 0.717) is 18.1 Å². The summed E-state index contributed by atoms with van der Waals surface area (Å²) in [6, 6.07) is 11.9. The van der Waals surface area contributed by atoms with Crippen LogP contribution in [0.1, 0.15) is 66.2 Å². The van der Waals surface area contributed by atoms with Crippen molar-refractivity contribution in [1.29, 1.82) is 0 Å². The number of nitrogens with zero attached hydrogens (tertiary/aromatic N) is 1. The molecule has 32 heavy (non-hydrogen) atoms. The number of ether oxygens (including phenoxy) is 1. The summed E-state index contributed by atoms with van der Waals surface area (Å²) in [5.41, 5.74) is 1.33. The van der Waals surface area contributed by atoms with Gasteiger partial charge in [-0.15, -0.1) is 0 Å². The first-order valence-corrected chi connectivity index (χ1v) is 11.7. The second-order valence-electron chi connectivity index (χ2n) is 8.65. The average molecular weight is 441 g/mol. The highest BCUT2D eigenvalue weighted by Crippen LogP contribution is 2.17. The van der Waals surface area contributed by atoms with Crippen molar-refractivity contribution in [2.45, 2.75) is 72.3 Å². The first kappa shape index (κ1) is 25.6. The summed E-state index contributed by atoms with van der Waals surface area (Å²) in [6.07, 6.45) is 9.96. The molecule has 5 heteroatoms. The monoisotopic (exact) mass is 440 g/mol. The summed E-state index contributed by atoms with van der Waals surface area (Å²) in [5, 5.41) is 3.81. The van der Waals surface area contributed by atoms with Crippen LogP contribution >= 0.6 is 0 Å². The fourth-order valence-corrected chi connectivity index (χ4v) is 3.15. The summed E-state index contributed by atoms with van der Waals surface area (Å²) in [6.45, 7) is 8.18. The van der Waals surface area contributed by atoms with Crippen LogP contribution in [0.4, 0.5) is 4.39 Å². The van der Waals surface area contributed by atoms with Gasteiger partial charge in [-0.2, -0.15) is 0 Å². The topological polar surface area (TPSA) is 51.2 Å². The number of halogens is 1. The quantitative estimate of drug-likeness (QED) is 0.209. The predicted molar refractivity (Wildman–Crippen MR) is 130 cm³/mol. The van der Waals surface area contributed by atoms with Crippen molar-refractivity contribution in [1.82, 2.24) is 10.3 Å². The van der Waals surface area contributed by atoms with Gasteiger partial charge in [-0.1, -0.05) is 63.5 Å². The van der Waals surface area contributed by atoms with Crippen molar-refractivity contribution in [2.75, 3.05) is 6.61 Å². The SMILES string of the molecule is CC(/C=C/CCCCCCCOc1ccc2ccccc2n1)=C(/F)C(=O)NC(C)C(C)C. The van der Waals surface area contributed by atoms with Gasteiger partial charge in [0.25, 0.3) is 5.91 Å². The largest absolute Gasteiger partial charge is 0.478 e. The van der Waals surface area contributed by atoms with Crippen LogP contribution in [0.3, 0.4) is 0 Å². The zero-order valence-corrected chi connectivity index (χ0v) is 19.9. The minimum Gasteiger partial charge on any atom is -0.478 e. The molecule has 2 rings (SSSR count). The minimum absolute atomic E-state index is 0.0562. The average Bonchev–Trinajstić information content (AvgIpc) is 2.79. The van der Waals surface area contributed by atoms with Crippen LogP contribution in [0.15, 0.2) is 60.0 Å². The van der Waals surface area contributed by atoms with Crippen LogP contribution in [-0.4, -0.2) is 23.5 Å². The fraction of sp³-hybridized carbons (Fsp3) is 0.481. The minimum atomic E-state index is -0.699. The molecular weight excluding hydrogens is 403 g/mol. The second-order valence-corrected chi connectivity index (χ2v) is 8.65. The van der Waals surface area contributed by atoms with E-state index >= 15 is 0 Å². The first-order chi connectivity index (χ1) is 15.4. The summed E-state index contributed by atoms with van der Waals surface area (Å²) >= 11 is 0. The number of rotatable bonds is 13. The lowest BCUT2D eigenvalue weighted by Crippen LogP contribution is -2.36. The smallest absolute Gasteiger partial charge is 0.280 e. The molecule has 0 spiro atoms. The Morgan fingerprint density at radius 3 is 2.56 bits per heavy atom. The van der Waals surface area contributed by atoms with Crippen LogP contribution < -0.4 is 10.1 Å². The Morgan fingerprint density at radius 2 is 1.78 bits per heavy atom. The Bertz CT molecular complexity index is 921. The molecule has 0 fully saturated rings. The maximum absolute atomic E-state index is 14.2. The Labute approximate surface area is 192 Å². The standard InChI is InChI=1S/C27H37FN2O2/c1-20(2)22(4)29-27(31)26(28)21(3)14-10-8-6-5-7-9-13-19-32-25-18-17-23-15-11-12-16-24(23)30-25/h10-12,14-18,20,22H,5-9,13,19H2,1-4H3,(H,29,31)/b14-10+,26-21-. The van der Waals surface area contributed by atoms with Crippen LogP contribution in [0.25, 0.3) is 10.9 Å². The van der Waals surface area contributed by atoms with Gasteiger partial charge in [0.1, 0.15) is 0 Å². The highest BCUT2D eigenvalue weighted by molar-refractivity contribution is 5.92. The molecule has 0 saturated heterocycles. The predicted octanol–water partition coefficient (Wildman–Crippen LogP) is 6.91. The highest BCUT2D eigenvalue weighted by atomic mass is 19.1. The fourth-order valence-electron chi connectivity index (χ4n) is 3.15. The molecular formula is C27H37FN2O2. The van der Waals surface area contributed by atoms with Crippen LogP contribution in [-0.2, 0) is 4.79 Å². The number of benzene rings is 1. The van der Waals surface area contributed by atoms with E-state index in [1.165, 1.54) is 0 Å². The number of hydrogen-bond donors (Lipinski definition) is 1. The third kappa shape index (κ3) is 8.81. The van der Waals surface area contributed by atoms with Crippen LogP contribution in [0, 0.1) is 5.92 Å². The number of allylic oxidation sites excluding steroid dienone is 3. The number of unbranched alkanes of at least 4 members (excludes halogenated alkanes) is 5. The summed E-state index contributed by atoms with van der Waals surface area (Å²) in [4.78, 5) is 16.4. The van der Waals surface area contributed by atoms with E-state index in [1.54, 1.807) is 13.0 Å². The normalized spacial score (nSPS) is 13.4. The molecule has 0 aliphatic carbocycles. The molecule has 1 amide bonds. The van der Waals surface area contributed by atoms with E-state index in [-0.39, 0.29) is 12.0 Å². The van der Waals surface area contributed by atoms with E-state index in [2.05, 4.69) is 10.3 Å². The molecule has 174 valence electrons. The van der Waals surface area contributed by atoms with E-state index in [9.17, 15) is 9.18 Å². The van der Waals surface area contributed by atoms with Gasteiger partial charge in [-0.3, -0.25) is 4.79 Å².